The van der Waals surface area contributed by atoms with Gasteiger partial charge in [-0.3, -0.25) is 0 Å². The maximum absolute atomic E-state index is 9.49. The third kappa shape index (κ3) is 3.35. The van der Waals surface area contributed by atoms with Crippen LogP contribution in [-0.2, 0) is 6.61 Å². The summed E-state index contributed by atoms with van der Waals surface area (Å²) in [5, 5.41) is 10.2. The largest absolute Gasteiger partial charge is 0.392 e. The van der Waals surface area contributed by atoms with Gasteiger partial charge < -0.3 is 10.0 Å². The average Bonchev–Trinajstić information content (AvgIpc) is 2.45. The number of anilines is 1. The van der Waals surface area contributed by atoms with Crippen LogP contribution in [0.1, 0.15) is 24.1 Å². The van der Waals surface area contributed by atoms with Crippen molar-refractivity contribution in [2.45, 2.75) is 19.6 Å². The van der Waals surface area contributed by atoms with Gasteiger partial charge in [0.1, 0.15) is 0 Å². The topological polar surface area (TPSA) is 23.5 Å². The number of halogens is 2. The summed E-state index contributed by atoms with van der Waals surface area (Å²) in [6.07, 6.45) is 0. The summed E-state index contributed by atoms with van der Waals surface area (Å²) < 4.78 is 0.995. The fourth-order valence-electron chi connectivity index (χ4n) is 2.20. The fraction of sp³-hybridized carbons (Fsp3) is 0.250. The molecule has 0 aliphatic heterocycles. The molecule has 20 heavy (non-hydrogen) atoms. The normalized spacial score (nSPS) is 12.2. The highest BCUT2D eigenvalue weighted by Gasteiger charge is 2.15. The van der Waals surface area contributed by atoms with Crippen molar-refractivity contribution in [2.75, 3.05) is 11.9 Å². The third-order valence-corrected chi connectivity index (χ3v) is 4.24. The number of hydrogen-bond donors (Lipinski definition) is 1. The minimum absolute atomic E-state index is 0.0230. The van der Waals surface area contributed by atoms with Crippen LogP contribution in [0.2, 0.25) is 5.02 Å². The summed E-state index contributed by atoms with van der Waals surface area (Å²) in [7, 11) is 2.02. The van der Waals surface area contributed by atoms with Gasteiger partial charge in [0.05, 0.1) is 12.6 Å². The summed E-state index contributed by atoms with van der Waals surface area (Å²) in [4.78, 5) is 2.14. The van der Waals surface area contributed by atoms with Gasteiger partial charge in [0.2, 0.25) is 0 Å². The quantitative estimate of drug-likeness (QED) is 0.853. The highest BCUT2D eigenvalue weighted by Crippen LogP contribution is 2.31. The predicted octanol–water partition coefficient (Wildman–Crippen LogP) is 4.79. The van der Waals surface area contributed by atoms with Crippen molar-refractivity contribution < 1.29 is 5.11 Å². The lowest BCUT2D eigenvalue weighted by Crippen LogP contribution is -2.22. The lowest BCUT2D eigenvalue weighted by Gasteiger charge is -2.29. The molecule has 0 amide bonds. The molecule has 2 aromatic carbocycles. The number of rotatable bonds is 4. The van der Waals surface area contributed by atoms with Crippen LogP contribution in [0.5, 0.6) is 0 Å². The minimum Gasteiger partial charge on any atom is -0.392 e. The molecule has 1 unspecified atom stereocenters. The van der Waals surface area contributed by atoms with Crippen molar-refractivity contribution in [3.8, 4) is 0 Å². The molecule has 1 atom stereocenters. The summed E-state index contributed by atoms with van der Waals surface area (Å²) in [6, 6.07) is 13.9. The van der Waals surface area contributed by atoms with Crippen molar-refractivity contribution in [3.63, 3.8) is 0 Å². The molecule has 0 spiro atoms. The summed E-state index contributed by atoms with van der Waals surface area (Å²) in [5.74, 6) is 0. The van der Waals surface area contributed by atoms with Crippen molar-refractivity contribution in [1.29, 1.82) is 0 Å². The molecule has 0 radical (unpaired) electrons. The van der Waals surface area contributed by atoms with E-state index < -0.39 is 0 Å². The maximum Gasteiger partial charge on any atom is 0.0702 e. The molecule has 106 valence electrons. The summed E-state index contributed by atoms with van der Waals surface area (Å²) in [6.45, 7) is 2.14. The first-order valence-corrected chi connectivity index (χ1v) is 7.57. The van der Waals surface area contributed by atoms with Crippen molar-refractivity contribution in [3.05, 3.63) is 63.1 Å². The van der Waals surface area contributed by atoms with Crippen LogP contribution in [-0.4, -0.2) is 12.2 Å². The van der Waals surface area contributed by atoms with E-state index >= 15 is 0 Å². The average molecular weight is 355 g/mol. The molecular formula is C16H17BrClNO. The van der Waals surface area contributed by atoms with Crippen LogP contribution >= 0.6 is 27.5 Å². The van der Waals surface area contributed by atoms with Crippen molar-refractivity contribution >= 4 is 33.2 Å². The van der Waals surface area contributed by atoms with E-state index in [-0.39, 0.29) is 12.6 Å². The predicted molar refractivity (Wildman–Crippen MR) is 88.3 cm³/mol. The highest BCUT2D eigenvalue weighted by atomic mass is 79.9. The van der Waals surface area contributed by atoms with Crippen molar-refractivity contribution in [1.82, 2.24) is 0 Å². The van der Waals surface area contributed by atoms with Crippen LogP contribution in [0.4, 0.5) is 5.69 Å². The summed E-state index contributed by atoms with van der Waals surface area (Å²) in [5.41, 5.74) is 3.06. The van der Waals surface area contributed by atoms with Crippen molar-refractivity contribution in [2.24, 2.45) is 0 Å². The van der Waals surface area contributed by atoms with E-state index in [1.165, 1.54) is 0 Å². The van der Waals surface area contributed by atoms with E-state index in [4.69, 9.17) is 11.6 Å². The zero-order valence-corrected chi connectivity index (χ0v) is 13.8. The first-order chi connectivity index (χ1) is 9.52. The van der Waals surface area contributed by atoms with Gasteiger partial charge in [-0.05, 0) is 36.8 Å². The molecule has 0 aliphatic rings. The Morgan fingerprint density at radius 2 is 2.00 bits per heavy atom. The molecule has 0 aromatic heterocycles. The Kier molecular flexibility index (Phi) is 5.08. The maximum atomic E-state index is 9.49. The number of hydrogen-bond acceptors (Lipinski definition) is 2. The molecular weight excluding hydrogens is 338 g/mol. The van der Waals surface area contributed by atoms with Gasteiger partial charge in [0.15, 0.2) is 0 Å². The van der Waals surface area contributed by atoms with Gasteiger partial charge in [0, 0.05) is 27.8 Å². The van der Waals surface area contributed by atoms with E-state index in [2.05, 4.69) is 33.8 Å². The molecule has 0 heterocycles. The van der Waals surface area contributed by atoms with Gasteiger partial charge in [0.25, 0.3) is 0 Å². The van der Waals surface area contributed by atoms with Crippen LogP contribution in [0, 0.1) is 0 Å². The Balaban J connectivity index is 2.35. The molecule has 0 aliphatic carbocycles. The zero-order valence-electron chi connectivity index (χ0n) is 11.5. The van der Waals surface area contributed by atoms with Crippen LogP contribution in [0.25, 0.3) is 0 Å². The summed E-state index contributed by atoms with van der Waals surface area (Å²) >= 11 is 9.54. The van der Waals surface area contributed by atoms with Crippen LogP contribution in [0.3, 0.4) is 0 Å². The first kappa shape index (κ1) is 15.4. The standard InChI is InChI=1S/C16H17BrClNO/c1-11(12-4-3-5-15(18)8-12)19(2)16-9-14(17)7-6-13(16)10-20/h3-9,11,20H,10H2,1-2H3. The van der Waals surface area contributed by atoms with Gasteiger partial charge >= 0.3 is 0 Å². The molecule has 2 rings (SSSR count). The first-order valence-electron chi connectivity index (χ1n) is 6.40. The van der Waals surface area contributed by atoms with Gasteiger partial charge in [-0.15, -0.1) is 0 Å². The second-order valence-electron chi connectivity index (χ2n) is 4.77. The Bertz CT molecular complexity index is 603. The van der Waals surface area contributed by atoms with Gasteiger partial charge in [-0.25, -0.2) is 0 Å². The van der Waals surface area contributed by atoms with E-state index in [1.54, 1.807) is 0 Å². The number of aliphatic hydroxyl groups excluding tert-OH is 1. The Morgan fingerprint density at radius 3 is 2.65 bits per heavy atom. The zero-order chi connectivity index (χ0) is 14.7. The monoisotopic (exact) mass is 353 g/mol. The van der Waals surface area contributed by atoms with Crippen LogP contribution < -0.4 is 4.90 Å². The van der Waals surface area contributed by atoms with Gasteiger partial charge in [-0.2, -0.15) is 0 Å². The van der Waals surface area contributed by atoms with Gasteiger partial charge in [-0.1, -0.05) is 45.7 Å². The number of nitrogens with zero attached hydrogens (tertiary/aromatic N) is 1. The Hall–Kier alpha value is -1.03. The van der Waals surface area contributed by atoms with E-state index in [0.29, 0.717) is 0 Å². The molecule has 1 N–H and O–H groups in total. The molecule has 2 nitrogen and oxygen atoms in total. The Labute approximate surface area is 133 Å². The smallest absolute Gasteiger partial charge is 0.0702 e. The second kappa shape index (κ2) is 6.61. The third-order valence-electron chi connectivity index (χ3n) is 3.51. The lowest BCUT2D eigenvalue weighted by molar-refractivity contribution is 0.282. The molecule has 0 fully saturated rings. The number of benzene rings is 2. The molecule has 2 aromatic rings. The molecule has 4 heteroatoms. The molecule has 0 saturated heterocycles. The highest BCUT2D eigenvalue weighted by molar-refractivity contribution is 9.10. The lowest BCUT2D eigenvalue weighted by atomic mass is 10.1. The molecule has 0 bridgehead atoms. The van der Waals surface area contributed by atoms with E-state index in [9.17, 15) is 5.11 Å². The Morgan fingerprint density at radius 1 is 1.25 bits per heavy atom. The van der Waals surface area contributed by atoms with Crippen LogP contribution in [0.15, 0.2) is 46.9 Å². The van der Waals surface area contributed by atoms with E-state index in [1.807, 2.05) is 43.4 Å². The molecule has 0 saturated carbocycles. The minimum atomic E-state index is 0.0230. The van der Waals surface area contributed by atoms with E-state index in [0.717, 1.165) is 26.3 Å². The fourth-order valence-corrected chi connectivity index (χ4v) is 2.75. The number of aliphatic hydroxyl groups is 1. The SMILES string of the molecule is CC(c1cccc(Cl)c1)N(C)c1cc(Br)ccc1CO. The second-order valence-corrected chi connectivity index (χ2v) is 6.13.